The van der Waals surface area contributed by atoms with E-state index in [4.69, 9.17) is 5.73 Å². The van der Waals surface area contributed by atoms with Gasteiger partial charge in [0.2, 0.25) is 5.91 Å². The van der Waals surface area contributed by atoms with E-state index >= 15 is 0 Å². The van der Waals surface area contributed by atoms with Crippen LogP contribution in [0, 0.1) is 29.1 Å². The summed E-state index contributed by atoms with van der Waals surface area (Å²) in [6.07, 6.45) is 8.81. The molecule has 3 atom stereocenters. The summed E-state index contributed by atoms with van der Waals surface area (Å²) < 4.78 is 0. The third-order valence-corrected chi connectivity index (χ3v) is 7.16. The van der Waals surface area contributed by atoms with Crippen LogP contribution in [0.2, 0.25) is 0 Å². The van der Waals surface area contributed by atoms with Gasteiger partial charge in [0, 0.05) is 6.04 Å². The van der Waals surface area contributed by atoms with Gasteiger partial charge in [0.15, 0.2) is 0 Å². The van der Waals surface area contributed by atoms with E-state index in [1.54, 1.807) is 0 Å². The largest absolute Gasteiger partial charge is 0.352 e. The van der Waals surface area contributed by atoms with Crippen LogP contribution in [0.4, 0.5) is 4.79 Å². The van der Waals surface area contributed by atoms with E-state index in [1.807, 2.05) is 13.8 Å². The molecule has 0 aliphatic heterocycles. The van der Waals surface area contributed by atoms with Gasteiger partial charge < -0.3 is 16.4 Å². The van der Waals surface area contributed by atoms with Crippen LogP contribution in [0.25, 0.3) is 0 Å². The Balaban J connectivity index is 1.68. The zero-order chi connectivity index (χ0) is 17.5. The highest BCUT2D eigenvalue weighted by atomic mass is 16.2. The standard InChI is InChI=1S/C19H33N3O2/c1-4-11(2)16(22-18(20)24)17(23)21-12(3)19-8-13-5-14(9-19)7-15(6-13)10-19/h11-16H,4-10H2,1-3H3,(H,21,23)(H3,20,22,24)/t11-,12+,13?,14?,15?,16-,19?/m0/s1. The Morgan fingerprint density at radius 2 is 1.54 bits per heavy atom. The van der Waals surface area contributed by atoms with Crippen LogP contribution < -0.4 is 16.4 Å². The maximum absolute atomic E-state index is 12.8. The van der Waals surface area contributed by atoms with Crippen molar-refractivity contribution in [2.24, 2.45) is 34.8 Å². The van der Waals surface area contributed by atoms with Crippen LogP contribution in [0.15, 0.2) is 0 Å². The Hall–Kier alpha value is -1.26. The van der Waals surface area contributed by atoms with Gasteiger partial charge in [-0.05, 0) is 74.5 Å². The first-order valence-electron chi connectivity index (χ1n) is 9.69. The Bertz CT molecular complexity index is 470. The molecule has 0 aromatic carbocycles. The van der Waals surface area contributed by atoms with E-state index in [0.717, 1.165) is 24.2 Å². The summed E-state index contributed by atoms with van der Waals surface area (Å²) in [6, 6.07) is -0.999. The number of rotatable bonds is 6. The minimum atomic E-state index is -0.627. The van der Waals surface area contributed by atoms with E-state index in [9.17, 15) is 9.59 Å². The molecule has 4 bridgehead atoms. The van der Waals surface area contributed by atoms with Crippen molar-refractivity contribution in [2.75, 3.05) is 0 Å². The molecule has 0 aromatic heterocycles. The second-order valence-electron chi connectivity index (χ2n) is 8.88. The van der Waals surface area contributed by atoms with Crippen LogP contribution in [0.1, 0.15) is 65.7 Å². The highest BCUT2D eigenvalue weighted by Gasteiger charge is 2.53. The number of nitrogens with one attached hydrogen (secondary N) is 2. The molecule has 5 heteroatoms. The molecule has 4 rings (SSSR count). The van der Waals surface area contributed by atoms with Crippen molar-refractivity contribution in [2.45, 2.75) is 77.8 Å². The smallest absolute Gasteiger partial charge is 0.312 e. The van der Waals surface area contributed by atoms with Crippen LogP contribution in [0.3, 0.4) is 0 Å². The molecule has 5 nitrogen and oxygen atoms in total. The molecule has 0 saturated heterocycles. The normalized spacial score (nSPS) is 37.5. The van der Waals surface area contributed by atoms with E-state index in [1.165, 1.54) is 38.5 Å². The fourth-order valence-corrected chi connectivity index (χ4v) is 6.02. The molecule has 4 aliphatic carbocycles. The maximum atomic E-state index is 12.8. The fourth-order valence-electron chi connectivity index (χ4n) is 6.02. The number of urea groups is 1. The third kappa shape index (κ3) is 3.27. The van der Waals surface area contributed by atoms with Gasteiger partial charge in [-0.1, -0.05) is 20.3 Å². The van der Waals surface area contributed by atoms with Gasteiger partial charge in [0.05, 0.1) is 0 Å². The first-order valence-corrected chi connectivity index (χ1v) is 9.69. The second kappa shape index (κ2) is 6.57. The highest BCUT2D eigenvalue weighted by molar-refractivity contribution is 5.87. The molecule has 3 amide bonds. The van der Waals surface area contributed by atoms with Crippen molar-refractivity contribution in [1.29, 1.82) is 0 Å². The molecular formula is C19H33N3O2. The second-order valence-corrected chi connectivity index (χ2v) is 8.88. The molecule has 4 N–H and O–H groups in total. The number of primary amides is 1. The molecule has 4 fully saturated rings. The first kappa shape index (κ1) is 17.6. The van der Waals surface area contributed by atoms with Crippen LogP contribution in [0.5, 0.6) is 0 Å². The summed E-state index contributed by atoms with van der Waals surface area (Å²) in [7, 11) is 0. The quantitative estimate of drug-likeness (QED) is 0.697. The van der Waals surface area contributed by atoms with Crippen molar-refractivity contribution >= 4 is 11.9 Å². The maximum Gasteiger partial charge on any atom is 0.312 e. The molecule has 4 aliphatic rings. The zero-order valence-electron chi connectivity index (χ0n) is 15.3. The number of amides is 3. The molecule has 0 spiro atoms. The predicted molar refractivity (Wildman–Crippen MR) is 94.2 cm³/mol. The van der Waals surface area contributed by atoms with Gasteiger partial charge in [0.1, 0.15) is 6.04 Å². The van der Waals surface area contributed by atoms with E-state index in [2.05, 4.69) is 17.6 Å². The minimum Gasteiger partial charge on any atom is -0.352 e. The van der Waals surface area contributed by atoms with Crippen molar-refractivity contribution in [3.05, 3.63) is 0 Å². The summed E-state index contributed by atoms with van der Waals surface area (Å²) in [4.78, 5) is 24.1. The monoisotopic (exact) mass is 335 g/mol. The molecule has 0 heterocycles. The van der Waals surface area contributed by atoms with Crippen LogP contribution in [-0.2, 0) is 4.79 Å². The summed E-state index contributed by atoms with van der Waals surface area (Å²) >= 11 is 0. The molecule has 4 saturated carbocycles. The highest BCUT2D eigenvalue weighted by Crippen LogP contribution is 2.61. The zero-order valence-corrected chi connectivity index (χ0v) is 15.3. The Morgan fingerprint density at radius 3 is 1.96 bits per heavy atom. The minimum absolute atomic E-state index is 0.0704. The molecule has 0 unspecified atom stereocenters. The van der Waals surface area contributed by atoms with Gasteiger partial charge in [-0.2, -0.15) is 0 Å². The van der Waals surface area contributed by atoms with E-state index in [0.29, 0.717) is 0 Å². The summed E-state index contributed by atoms with van der Waals surface area (Å²) in [5.41, 5.74) is 5.55. The van der Waals surface area contributed by atoms with Crippen molar-refractivity contribution in [3.8, 4) is 0 Å². The lowest BCUT2D eigenvalue weighted by molar-refractivity contribution is -0.128. The van der Waals surface area contributed by atoms with Gasteiger partial charge in [0.25, 0.3) is 0 Å². The summed E-state index contributed by atoms with van der Waals surface area (Å²) in [6.45, 7) is 6.18. The molecule has 0 radical (unpaired) electrons. The van der Waals surface area contributed by atoms with Gasteiger partial charge in [-0.25, -0.2) is 4.79 Å². The lowest BCUT2D eigenvalue weighted by Crippen LogP contribution is -2.59. The number of carbonyl (C=O) groups is 2. The molecule has 136 valence electrons. The van der Waals surface area contributed by atoms with Gasteiger partial charge >= 0.3 is 6.03 Å². The SMILES string of the molecule is CC[C@H](C)[C@H](NC(N)=O)C(=O)N[C@H](C)C12CC3CC(CC(C3)C1)C2. The van der Waals surface area contributed by atoms with Crippen molar-refractivity contribution < 1.29 is 9.59 Å². The Labute approximate surface area is 145 Å². The van der Waals surface area contributed by atoms with Crippen LogP contribution in [-0.4, -0.2) is 24.0 Å². The van der Waals surface area contributed by atoms with Gasteiger partial charge in [-0.3, -0.25) is 4.79 Å². The number of nitrogens with two attached hydrogens (primary N) is 1. The Kier molecular flexibility index (Phi) is 4.80. The van der Waals surface area contributed by atoms with Crippen LogP contribution >= 0.6 is 0 Å². The first-order chi connectivity index (χ1) is 11.3. The predicted octanol–water partition coefficient (Wildman–Crippen LogP) is 2.79. The third-order valence-electron chi connectivity index (χ3n) is 7.16. The van der Waals surface area contributed by atoms with Crippen molar-refractivity contribution in [3.63, 3.8) is 0 Å². The summed E-state index contributed by atoms with van der Waals surface area (Å²) in [5.74, 6) is 2.59. The fraction of sp³-hybridized carbons (Fsp3) is 0.895. The lowest BCUT2D eigenvalue weighted by Gasteiger charge is -2.59. The molecule has 24 heavy (non-hydrogen) atoms. The number of hydrogen-bond donors (Lipinski definition) is 3. The lowest BCUT2D eigenvalue weighted by atomic mass is 9.48. The Morgan fingerprint density at radius 1 is 1.04 bits per heavy atom. The number of carbonyl (C=O) groups excluding carboxylic acids is 2. The van der Waals surface area contributed by atoms with Crippen molar-refractivity contribution in [1.82, 2.24) is 10.6 Å². The van der Waals surface area contributed by atoms with Gasteiger partial charge in [-0.15, -0.1) is 0 Å². The molecular weight excluding hydrogens is 302 g/mol. The topological polar surface area (TPSA) is 84.2 Å². The number of hydrogen-bond acceptors (Lipinski definition) is 2. The molecule has 0 aromatic rings. The summed E-state index contributed by atoms with van der Waals surface area (Å²) in [5, 5.41) is 5.88. The average Bonchev–Trinajstić information content (AvgIpc) is 2.50. The average molecular weight is 335 g/mol. The van der Waals surface area contributed by atoms with E-state index in [-0.39, 0.29) is 23.3 Å². The van der Waals surface area contributed by atoms with E-state index < -0.39 is 12.1 Å².